The van der Waals surface area contributed by atoms with Gasteiger partial charge in [-0.25, -0.2) is 0 Å². The summed E-state index contributed by atoms with van der Waals surface area (Å²) in [5, 5.41) is 4.47. The number of carbonyl (C=O) groups is 3. The van der Waals surface area contributed by atoms with Crippen LogP contribution in [0.25, 0.3) is 10.4 Å². The Morgan fingerprint density at radius 1 is 0.550 bits per heavy atom. The molecule has 5 aliphatic carbocycles. The Morgan fingerprint density at radius 3 is 1.85 bits per heavy atom. The van der Waals surface area contributed by atoms with Gasteiger partial charge in [0.2, 0.25) is 12.1 Å². The minimum atomic E-state index is -1.51. The summed E-state index contributed by atoms with van der Waals surface area (Å²) in [4.78, 5) is 49.6. The number of nitrogens with zero attached hydrogens (tertiary/aromatic N) is 3. The number of methoxy groups -OCH3 is 1. The van der Waals surface area contributed by atoms with Crippen LogP contribution in [0, 0.1) is 104 Å². The maximum atomic E-state index is 17.1. The number of allylic oxidation sites excluding steroid dienone is 2. The van der Waals surface area contributed by atoms with Gasteiger partial charge >= 0.3 is 5.97 Å². The molecule has 0 radical (unpaired) electrons. The lowest BCUT2D eigenvalue weighted by Gasteiger charge is -2.71. The fourth-order valence-electron chi connectivity index (χ4n) is 28.1. The van der Waals surface area contributed by atoms with Crippen molar-refractivity contribution in [3.8, 4) is 0 Å². The number of aldehydes is 1. The predicted molar refractivity (Wildman–Crippen MR) is 516 cm³/mol. The summed E-state index contributed by atoms with van der Waals surface area (Å²) >= 11 is 0. The number of ketones is 1. The molecule has 0 aromatic heterocycles. The molecule has 0 spiro atoms. The Labute approximate surface area is 828 Å². The van der Waals surface area contributed by atoms with Crippen LogP contribution in [0.2, 0.25) is 0 Å². The van der Waals surface area contributed by atoms with Crippen molar-refractivity contribution in [3.05, 3.63) is 166 Å². The molecule has 770 valence electrons. The van der Waals surface area contributed by atoms with Crippen molar-refractivity contribution in [3.63, 3.8) is 0 Å². The molecular weight excluding hydrogens is 1790 g/mol. The third kappa shape index (κ3) is 19.2. The minimum absolute atomic E-state index is 0.00720. The molecular formula is C112H157N3O25. The Morgan fingerprint density at radius 2 is 1.18 bits per heavy atom. The summed E-state index contributed by atoms with van der Waals surface area (Å²) in [5.74, 6) is -4.33. The van der Waals surface area contributed by atoms with Gasteiger partial charge in [0.05, 0.1) is 107 Å². The van der Waals surface area contributed by atoms with Crippen molar-refractivity contribution in [1.29, 1.82) is 0 Å². The van der Waals surface area contributed by atoms with Gasteiger partial charge in [-0.2, -0.15) is 0 Å². The van der Waals surface area contributed by atoms with Crippen LogP contribution in [0.15, 0.2) is 138 Å². The first-order valence-electron chi connectivity index (χ1n) is 52.4. The van der Waals surface area contributed by atoms with Crippen LogP contribution in [-0.2, 0) is 138 Å². The van der Waals surface area contributed by atoms with Crippen molar-refractivity contribution in [2.45, 2.75) is 375 Å². The van der Waals surface area contributed by atoms with E-state index in [1.54, 1.807) is 14.0 Å². The highest BCUT2D eigenvalue weighted by Crippen LogP contribution is 2.77. The number of benzene rings is 4. The van der Waals surface area contributed by atoms with E-state index >= 15 is 4.79 Å². The van der Waals surface area contributed by atoms with Crippen LogP contribution in [-0.4, -0.2) is 211 Å². The molecule has 14 aliphatic rings. The van der Waals surface area contributed by atoms with E-state index < -0.39 is 192 Å². The Kier molecular flexibility index (Phi) is 30.8. The van der Waals surface area contributed by atoms with Gasteiger partial charge in [0.1, 0.15) is 61.0 Å². The second kappa shape index (κ2) is 41.5. The molecule has 13 fully saturated rings. The summed E-state index contributed by atoms with van der Waals surface area (Å²) in [5.41, 5.74) is 10.5. The fourth-order valence-corrected chi connectivity index (χ4v) is 28.1. The van der Waals surface area contributed by atoms with E-state index in [0.29, 0.717) is 75.9 Å². The topological polar surface area (TPSA) is 303 Å². The zero-order valence-electron chi connectivity index (χ0n) is 86.3. The van der Waals surface area contributed by atoms with Crippen molar-refractivity contribution in [2.24, 2.45) is 109 Å². The summed E-state index contributed by atoms with van der Waals surface area (Å²) in [6.45, 7) is 44.2. The number of ether oxygens (including phenoxy) is 22. The SMILES string of the molecule is CCC1O[C@@H](OC2[C@H](O[C@H]3CCC4(C)C5CC=C6C7CC(C)(C)CC[C@]7(C(=O)O[C@@H]7OC(COCc8ccccc8)[C@H](N=[N+]=[N-])C(C)C7O[C@@H]7OC(C)[C@H](O[C@@H]8OC[C@@H](OCc9ccccc9)C(OC9%10COC[C@]9(COCc9ccccc9)O[C@@H](c9ccccc9)O%10)C8C)C8OC(C)(C)OC87)C(OC)C[C@@]6(C)[C@@]5(C)CC[C@H]4[C@@]3(C)C=O)OC(C(C)=O)[C@@H](C)[C@@H]2O[C@@H]2OC[C@@H](C)[C@H](C)C2C)C(C)[C@@H](C)[C@H]1C. The normalized spacial score (nSPS) is 45.7. The van der Waals surface area contributed by atoms with Crippen LogP contribution >= 0.6 is 0 Å². The van der Waals surface area contributed by atoms with E-state index in [0.717, 1.165) is 47.8 Å². The van der Waals surface area contributed by atoms with E-state index in [-0.39, 0.29) is 104 Å². The summed E-state index contributed by atoms with van der Waals surface area (Å²) in [6.07, 6.45) is -7.44. The molecule has 9 saturated heterocycles. The maximum absolute atomic E-state index is 17.1. The lowest BCUT2D eigenvalue weighted by Crippen LogP contribution is -2.69. The predicted octanol–water partition coefficient (Wildman–Crippen LogP) is 19.2. The molecule has 18 unspecified atom stereocenters. The van der Waals surface area contributed by atoms with E-state index in [2.05, 4.69) is 106 Å². The van der Waals surface area contributed by atoms with Crippen LogP contribution in [0.3, 0.4) is 0 Å². The van der Waals surface area contributed by atoms with Gasteiger partial charge in [-0.15, -0.1) is 0 Å². The van der Waals surface area contributed by atoms with Crippen molar-refractivity contribution >= 4 is 18.0 Å². The lowest BCUT2D eigenvalue weighted by molar-refractivity contribution is -0.374. The van der Waals surface area contributed by atoms with Gasteiger partial charge in [0.15, 0.2) is 54.9 Å². The monoisotopic (exact) mass is 1940 g/mol. The standard InChI is InChI=1S/C112H157N3O25/c1-22-80-66(5)65(4)68(7)98(127-80)134-94-90(131-96-67(6)64(3)63(2)53-124-96)70(9)88(72(11)117)130-101(94)129-85-46-47-106(17)83(107(85,18)59-116)45-48-108(19)84(106)44-43-78-79-51-104(13,14)49-50-111(79,86(119-21)52-109(78,108)20)103(118)135-100-91(69(8)87(114-115-113)81(128-100)57-120-54-74-35-27-23-28-36-74)132-102-95-93(136-105(15,16)137-95)92(73(12)126-102)133-97-71(10)89(82(58-125-97)123-56-76-39-31-25-32-40-76)138-112-62-122-61-110(112,60-121-55-75-37-29-24-30-38-75)139-99(140-112)77-41-33-26-34-42-77/h23-43,59,63-71,73,79-102H,22,44-58,60-62H2,1-21H3/t63-,64+,65+,66-,67?,68?,69?,70-,71?,73?,79?,80?,81?,82-,83-,84?,85+,86?,87-,88?,89?,90+,91?,92+,93?,94?,95?,96+,97+,98+,99-,100+,101-,102+,106?,107-,108+,109-,110+,111-,112?/m1/s1. The van der Waals surface area contributed by atoms with Crippen LogP contribution in [0.5, 0.6) is 0 Å². The largest absolute Gasteiger partial charge is 0.432 e. The maximum Gasteiger partial charge on any atom is 0.317 e. The van der Waals surface area contributed by atoms with Crippen LogP contribution in [0.1, 0.15) is 231 Å². The molecule has 0 amide bonds. The second-order valence-corrected chi connectivity index (χ2v) is 46.5. The van der Waals surface area contributed by atoms with Gasteiger partial charge in [0, 0.05) is 41.3 Å². The molecule has 0 N–H and O–H groups in total. The quantitative estimate of drug-likeness (QED) is 0.00859. The summed E-state index contributed by atoms with van der Waals surface area (Å²) in [7, 11) is 1.74. The third-order valence-corrected chi connectivity index (χ3v) is 37.3. The van der Waals surface area contributed by atoms with Crippen molar-refractivity contribution in [1.82, 2.24) is 0 Å². The average Bonchev–Trinajstić information content (AvgIpc) is 0.921. The molecule has 9 aliphatic heterocycles. The van der Waals surface area contributed by atoms with Crippen molar-refractivity contribution in [2.75, 3.05) is 46.8 Å². The zero-order chi connectivity index (χ0) is 99.1. The van der Waals surface area contributed by atoms with Gasteiger partial charge < -0.3 is 109 Å². The van der Waals surface area contributed by atoms with E-state index in [4.69, 9.17) is 104 Å². The lowest BCUT2D eigenvalue weighted by atomic mass is 9.33. The minimum Gasteiger partial charge on any atom is -0.432 e. The van der Waals surface area contributed by atoms with Gasteiger partial charge in [-0.05, 0) is 183 Å². The highest BCUT2D eigenvalue weighted by molar-refractivity contribution is 5.81. The highest BCUT2D eigenvalue weighted by atomic mass is 16.9. The molecule has 9 heterocycles. The number of fused-ring (bicyclic) bond motifs is 9. The molecule has 28 nitrogen and oxygen atoms in total. The van der Waals surface area contributed by atoms with E-state index in [1.807, 2.05) is 163 Å². The molecule has 4 aromatic carbocycles. The highest BCUT2D eigenvalue weighted by Gasteiger charge is 2.75. The smallest absolute Gasteiger partial charge is 0.317 e. The average molecular weight is 1950 g/mol. The Balaban J connectivity index is 0.625. The first-order valence-corrected chi connectivity index (χ1v) is 52.4. The number of Topliss-reactive ketones (excluding diaryl/α,β-unsaturated/α-hetero) is 1. The summed E-state index contributed by atoms with van der Waals surface area (Å²) < 4.78 is 155. The number of hydrogen-bond acceptors (Lipinski definition) is 26. The molecule has 4 aromatic rings. The molecule has 18 rings (SSSR count). The molecule has 28 heteroatoms. The number of azide groups is 1. The third-order valence-electron chi connectivity index (χ3n) is 37.3. The van der Waals surface area contributed by atoms with Crippen molar-refractivity contribution < 1.29 is 119 Å². The molecule has 41 atom stereocenters. The van der Waals surface area contributed by atoms with Gasteiger partial charge in [-0.1, -0.05) is 249 Å². The van der Waals surface area contributed by atoms with Crippen LogP contribution in [0.4, 0.5) is 0 Å². The van der Waals surface area contributed by atoms with Crippen LogP contribution < -0.4 is 0 Å². The number of carbonyl (C=O) groups excluding carboxylic acids is 3. The number of hydrogen-bond donors (Lipinski definition) is 0. The van der Waals surface area contributed by atoms with E-state index in [1.165, 1.54) is 5.57 Å². The Hall–Kier alpha value is -6.10. The molecule has 4 saturated carbocycles. The number of rotatable bonds is 31. The molecule has 140 heavy (non-hydrogen) atoms. The number of esters is 1. The fraction of sp³-hybridized carbons (Fsp3) is 0.741. The Bertz CT molecular complexity index is 4960. The van der Waals surface area contributed by atoms with Gasteiger partial charge in [0.25, 0.3) is 0 Å². The molecule has 0 bridgehead atoms. The van der Waals surface area contributed by atoms with Gasteiger partial charge in [-0.3, -0.25) is 9.59 Å². The first-order chi connectivity index (χ1) is 66.9. The van der Waals surface area contributed by atoms with E-state index in [9.17, 15) is 15.1 Å². The summed E-state index contributed by atoms with van der Waals surface area (Å²) in [6, 6.07) is 38.6. The zero-order valence-corrected chi connectivity index (χ0v) is 86.3. The first kappa shape index (κ1) is 104. The second-order valence-electron chi connectivity index (χ2n) is 46.5.